The molecule has 0 saturated carbocycles. The first-order valence-electron chi connectivity index (χ1n) is 3.62. The molecule has 0 aliphatic carbocycles. The first-order valence-corrected chi connectivity index (χ1v) is 6.33. The number of esters is 1. The Bertz CT molecular complexity index is 460. The topological polar surface area (TPSA) is 73.3 Å². The summed E-state index contributed by atoms with van der Waals surface area (Å²) in [5.41, 5.74) is -0.127. The zero-order valence-corrected chi connectivity index (χ0v) is 9.53. The maximum absolute atomic E-state index is 11.3. The Kier molecular flexibility index (Phi) is 2.91. The molecule has 78 valence electrons. The second-order valence-corrected chi connectivity index (χ2v) is 6.05. The van der Waals surface area contributed by atoms with Crippen molar-refractivity contribution in [2.45, 2.75) is 11.1 Å². The molecule has 5 nitrogen and oxygen atoms in total. The number of carbonyl (C=O) groups is 1. The number of methoxy groups -OCH3 is 1. The molecule has 0 unspecified atom stereocenters. The predicted molar refractivity (Wildman–Crippen MR) is 51.3 cm³/mol. The summed E-state index contributed by atoms with van der Waals surface area (Å²) < 4.78 is 26.9. The van der Waals surface area contributed by atoms with Crippen molar-refractivity contribution in [3.8, 4) is 0 Å². The van der Waals surface area contributed by atoms with Gasteiger partial charge in [0.15, 0.2) is 19.7 Å². The number of sulfone groups is 1. The van der Waals surface area contributed by atoms with Gasteiger partial charge >= 0.3 is 5.97 Å². The molecule has 1 rings (SSSR count). The lowest BCUT2D eigenvalue weighted by Gasteiger charge is -1.96. The molecular weight excluding hydrogens is 226 g/mol. The highest BCUT2D eigenvalue weighted by Gasteiger charge is 2.24. The van der Waals surface area contributed by atoms with E-state index in [0.29, 0.717) is 5.01 Å². The monoisotopic (exact) mass is 235 g/mol. The molecule has 14 heavy (non-hydrogen) atoms. The van der Waals surface area contributed by atoms with E-state index in [1.165, 1.54) is 7.11 Å². The minimum absolute atomic E-state index is 0.0400. The molecule has 0 N–H and O–H groups in total. The summed E-state index contributed by atoms with van der Waals surface area (Å²) in [6, 6.07) is 0. The summed E-state index contributed by atoms with van der Waals surface area (Å²) in [6.45, 7) is 1.63. The maximum Gasteiger partial charge on any atom is 0.358 e. The van der Waals surface area contributed by atoms with Gasteiger partial charge in [0, 0.05) is 6.26 Å². The number of ether oxygens (including phenoxy) is 1. The van der Waals surface area contributed by atoms with E-state index in [9.17, 15) is 13.2 Å². The van der Waals surface area contributed by atoms with Crippen LogP contribution in [0.15, 0.2) is 4.21 Å². The summed E-state index contributed by atoms with van der Waals surface area (Å²) >= 11 is 0.965. The molecule has 0 amide bonds. The second kappa shape index (κ2) is 3.66. The Morgan fingerprint density at radius 1 is 1.50 bits per heavy atom. The molecule has 1 aromatic rings. The molecule has 0 aromatic carbocycles. The lowest BCUT2D eigenvalue weighted by atomic mass is 10.5. The van der Waals surface area contributed by atoms with Gasteiger partial charge in [0.2, 0.25) is 0 Å². The van der Waals surface area contributed by atoms with Gasteiger partial charge in [-0.25, -0.2) is 18.2 Å². The van der Waals surface area contributed by atoms with Gasteiger partial charge in [0.25, 0.3) is 0 Å². The van der Waals surface area contributed by atoms with Crippen molar-refractivity contribution >= 4 is 27.1 Å². The number of thiazole rings is 1. The molecule has 0 atom stereocenters. The van der Waals surface area contributed by atoms with Crippen molar-refractivity contribution in [1.29, 1.82) is 0 Å². The second-order valence-electron chi connectivity index (χ2n) is 2.63. The van der Waals surface area contributed by atoms with Crippen LogP contribution >= 0.6 is 11.3 Å². The number of hydrogen-bond acceptors (Lipinski definition) is 6. The van der Waals surface area contributed by atoms with Crippen molar-refractivity contribution in [2.24, 2.45) is 0 Å². The van der Waals surface area contributed by atoms with E-state index in [0.717, 1.165) is 17.6 Å². The molecule has 7 heteroatoms. The first-order chi connectivity index (χ1) is 6.36. The average molecular weight is 235 g/mol. The maximum atomic E-state index is 11.3. The van der Waals surface area contributed by atoms with Crippen LogP contribution in [0.1, 0.15) is 15.5 Å². The molecule has 0 fully saturated rings. The number of aromatic nitrogens is 1. The van der Waals surface area contributed by atoms with Crippen LogP contribution in [0.4, 0.5) is 0 Å². The Hall–Kier alpha value is -0.950. The Morgan fingerprint density at radius 3 is 2.50 bits per heavy atom. The molecular formula is C7H9NO4S2. The highest BCUT2D eigenvalue weighted by atomic mass is 32.2. The van der Waals surface area contributed by atoms with Gasteiger partial charge in [0.1, 0.15) is 0 Å². The van der Waals surface area contributed by atoms with Gasteiger partial charge in [-0.15, -0.1) is 11.3 Å². The molecule has 1 heterocycles. The zero-order chi connectivity index (χ0) is 10.9. The van der Waals surface area contributed by atoms with E-state index in [4.69, 9.17) is 0 Å². The van der Waals surface area contributed by atoms with E-state index in [-0.39, 0.29) is 9.90 Å². The first kappa shape index (κ1) is 11.1. The fourth-order valence-corrected chi connectivity index (χ4v) is 2.96. The minimum Gasteiger partial charge on any atom is -0.464 e. The normalized spacial score (nSPS) is 11.4. The SMILES string of the molecule is COC(=O)c1nc(C)sc1S(C)(=O)=O. The summed E-state index contributed by atoms with van der Waals surface area (Å²) in [7, 11) is -2.23. The molecule has 0 aliphatic heterocycles. The van der Waals surface area contributed by atoms with E-state index in [1.54, 1.807) is 6.92 Å². The fraction of sp³-hybridized carbons (Fsp3) is 0.429. The predicted octanol–water partition coefficient (Wildman–Crippen LogP) is 0.642. The average Bonchev–Trinajstić information content (AvgIpc) is 2.45. The van der Waals surface area contributed by atoms with Crippen LogP contribution in [0.3, 0.4) is 0 Å². The Balaban J connectivity index is 3.38. The lowest BCUT2D eigenvalue weighted by Crippen LogP contribution is -2.07. The Morgan fingerprint density at radius 2 is 2.07 bits per heavy atom. The van der Waals surface area contributed by atoms with Crippen LogP contribution in [0.2, 0.25) is 0 Å². The minimum atomic E-state index is -3.41. The third-order valence-corrected chi connectivity index (χ3v) is 4.21. The van der Waals surface area contributed by atoms with Crippen LogP contribution in [0, 0.1) is 6.92 Å². The third kappa shape index (κ3) is 2.10. The van der Waals surface area contributed by atoms with Crippen LogP contribution in [0.5, 0.6) is 0 Å². The number of carbonyl (C=O) groups excluding carboxylic acids is 1. The number of hydrogen-bond donors (Lipinski definition) is 0. The van der Waals surface area contributed by atoms with Gasteiger partial charge in [-0.1, -0.05) is 0 Å². The van der Waals surface area contributed by atoms with Crippen molar-refractivity contribution in [1.82, 2.24) is 4.98 Å². The van der Waals surface area contributed by atoms with Crippen LogP contribution in [-0.2, 0) is 14.6 Å². The summed E-state index contributed by atoms with van der Waals surface area (Å²) in [5, 5.41) is 0.519. The Labute approximate surface area is 85.7 Å². The highest BCUT2D eigenvalue weighted by molar-refractivity contribution is 7.92. The summed E-state index contributed by atoms with van der Waals surface area (Å²) in [6.07, 6.45) is 1.03. The molecule has 0 spiro atoms. The smallest absolute Gasteiger partial charge is 0.358 e. The van der Waals surface area contributed by atoms with Crippen LogP contribution < -0.4 is 0 Å². The van der Waals surface area contributed by atoms with Gasteiger partial charge in [-0.05, 0) is 6.92 Å². The third-order valence-electron chi connectivity index (χ3n) is 1.42. The summed E-state index contributed by atoms with van der Waals surface area (Å²) in [4.78, 5) is 15.0. The number of rotatable bonds is 2. The molecule has 0 aliphatic rings. The van der Waals surface area contributed by atoms with E-state index < -0.39 is 15.8 Å². The fourth-order valence-electron chi connectivity index (χ4n) is 0.885. The summed E-state index contributed by atoms with van der Waals surface area (Å²) in [5.74, 6) is -0.727. The van der Waals surface area contributed by atoms with Crippen molar-refractivity contribution in [3.05, 3.63) is 10.7 Å². The molecule has 0 saturated heterocycles. The zero-order valence-electron chi connectivity index (χ0n) is 7.90. The van der Waals surface area contributed by atoms with E-state index in [2.05, 4.69) is 9.72 Å². The molecule has 1 aromatic heterocycles. The largest absolute Gasteiger partial charge is 0.464 e. The lowest BCUT2D eigenvalue weighted by molar-refractivity contribution is 0.0590. The van der Waals surface area contributed by atoms with Crippen molar-refractivity contribution in [3.63, 3.8) is 0 Å². The van der Waals surface area contributed by atoms with Crippen molar-refractivity contribution in [2.75, 3.05) is 13.4 Å². The van der Waals surface area contributed by atoms with E-state index >= 15 is 0 Å². The van der Waals surface area contributed by atoms with E-state index in [1.807, 2.05) is 0 Å². The highest BCUT2D eigenvalue weighted by Crippen LogP contribution is 2.23. The number of aryl methyl sites for hydroxylation is 1. The quantitative estimate of drug-likeness (QED) is 0.703. The van der Waals surface area contributed by atoms with Crippen molar-refractivity contribution < 1.29 is 17.9 Å². The van der Waals surface area contributed by atoms with Crippen LogP contribution in [-0.4, -0.2) is 32.7 Å². The standard InChI is InChI=1S/C7H9NO4S2/c1-4-8-5(6(9)12-2)7(13-4)14(3,10)11/h1-3H3. The molecule has 0 radical (unpaired) electrons. The van der Waals surface area contributed by atoms with Gasteiger partial charge in [-0.2, -0.15) is 0 Å². The molecule has 0 bridgehead atoms. The van der Waals surface area contributed by atoms with Gasteiger partial charge in [0.05, 0.1) is 12.1 Å². The van der Waals surface area contributed by atoms with Gasteiger partial charge < -0.3 is 4.74 Å². The van der Waals surface area contributed by atoms with Crippen LogP contribution in [0.25, 0.3) is 0 Å². The number of nitrogens with zero attached hydrogens (tertiary/aromatic N) is 1. The van der Waals surface area contributed by atoms with Gasteiger partial charge in [-0.3, -0.25) is 0 Å².